The minimum Gasteiger partial charge on any atom is -0.481 e. The number of aromatic nitrogens is 1. The van der Waals surface area contributed by atoms with E-state index in [0.29, 0.717) is 6.42 Å². The molecular weight excluding hydrogens is 238 g/mol. The van der Waals surface area contributed by atoms with E-state index in [-0.39, 0.29) is 6.42 Å². The van der Waals surface area contributed by atoms with Crippen molar-refractivity contribution >= 4 is 22.4 Å². The maximum absolute atomic E-state index is 10.5. The van der Waals surface area contributed by atoms with Gasteiger partial charge in [0.2, 0.25) is 0 Å². The summed E-state index contributed by atoms with van der Waals surface area (Å²) in [5.74, 6) is -0.726. The first kappa shape index (κ1) is 13.4. The van der Waals surface area contributed by atoms with E-state index in [0.717, 1.165) is 6.42 Å². The molecule has 0 amide bonds. The van der Waals surface area contributed by atoms with E-state index in [9.17, 15) is 4.79 Å². The zero-order chi connectivity index (χ0) is 13.8. The Labute approximate surface area is 113 Å². The summed E-state index contributed by atoms with van der Waals surface area (Å²) in [6.45, 7) is 2.09. The third-order valence-electron chi connectivity index (χ3n) is 3.37. The largest absolute Gasteiger partial charge is 0.481 e. The van der Waals surface area contributed by atoms with Crippen LogP contribution in [0, 0.1) is 0 Å². The van der Waals surface area contributed by atoms with Crippen molar-refractivity contribution < 1.29 is 9.90 Å². The molecule has 3 heteroatoms. The number of para-hydroxylation sites is 1. The minimum absolute atomic E-state index is 0.235. The lowest BCUT2D eigenvalue weighted by Crippen LogP contribution is -1.92. The second-order valence-electron chi connectivity index (χ2n) is 4.84. The number of hydrogen-bond acceptors (Lipinski definition) is 1. The van der Waals surface area contributed by atoms with Crippen LogP contribution in [-0.4, -0.2) is 15.6 Å². The van der Waals surface area contributed by atoms with Crippen LogP contribution in [0.15, 0.2) is 36.5 Å². The fourth-order valence-corrected chi connectivity index (χ4v) is 2.34. The van der Waals surface area contributed by atoms with Gasteiger partial charge in [-0.2, -0.15) is 0 Å². The van der Waals surface area contributed by atoms with Gasteiger partial charge in [-0.3, -0.25) is 4.79 Å². The molecule has 19 heavy (non-hydrogen) atoms. The number of benzene rings is 1. The van der Waals surface area contributed by atoms with Crippen molar-refractivity contribution in [3.8, 4) is 0 Å². The standard InChI is InChI=1S/C16H19NO2/c1-12(7-3-6-10-16(18)19)14-11-17(2)15-9-5-4-8-13(14)15/h4-5,7-9,11H,3,6,10H2,1-2H3,(H,18,19)/b12-7+. The van der Waals surface area contributed by atoms with Crippen LogP contribution in [0.1, 0.15) is 31.7 Å². The molecule has 0 bridgehead atoms. The topological polar surface area (TPSA) is 42.2 Å². The van der Waals surface area contributed by atoms with Crippen molar-refractivity contribution in [2.45, 2.75) is 26.2 Å². The van der Waals surface area contributed by atoms with Gasteiger partial charge >= 0.3 is 5.97 Å². The smallest absolute Gasteiger partial charge is 0.303 e. The molecule has 1 aromatic heterocycles. The first-order valence-corrected chi connectivity index (χ1v) is 6.52. The Morgan fingerprint density at radius 1 is 1.37 bits per heavy atom. The number of carbonyl (C=O) groups is 1. The average molecular weight is 257 g/mol. The van der Waals surface area contributed by atoms with Crippen LogP contribution >= 0.6 is 0 Å². The Morgan fingerprint density at radius 2 is 2.11 bits per heavy atom. The van der Waals surface area contributed by atoms with Gasteiger partial charge in [-0.1, -0.05) is 24.3 Å². The van der Waals surface area contributed by atoms with Gasteiger partial charge in [-0.25, -0.2) is 0 Å². The fraction of sp³-hybridized carbons (Fsp3) is 0.312. The van der Waals surface area contributed by atoms with Crippen LogP contribution in [0.5, 0.6) is 0 Å². The predicted octanol–water partition coefficient (Wildman–Crippen LogP) is 3.84. The summed E-state index contributed by atoms with van der Waals surface area (Å²) in [6.07, 6.45) is 6.00. The molecule has 0 fully saturated rings. The number of allylic oxidation sites excluding steroid dienone is 2. The zero-order valence-corrected chi connectivity index (χ0v) is 11.4. The van der Waals surface area contributed by atoms with Crippen molar-refractivity contribution in [3.05, 3.63) is 42.1 Å². The Balaban J connectivity index is 2.19. The van der Waals surface area contributed by atoms with Gasteiger partial charge in [-0.05, 0) is 31.4 Å². The molecule has 1 N–H and O–H groups in total. The average Bonchev–Trinajstić information content (AvgIpc) is 2.72. The van der Waals surface area contributed by atoms with Gasteiger partial charge < -0.3 is 9.67 Å². The molecule has 0 saturated heterocycles. The highest BCUT2D eigenvalue weighted by Crippen LogP contribution is 2.26. The van der Waals surface area contributed by atoms with Crippen molar-refractivity contribution in [2.75, 3.05) is 0 Å². The highest BCUT2D eigenvalue weighted by Gasteiger charge is 2.06. The number of rotatable bonds is 5. The van der Waals surface area contributed by atoms with Crippen molar-refractivity contribution in [1.29, 1.82) is 0 Å². The molecule has 0 aliphatic heterocycles. The van der Waals surface area contributed by atoms with Crippen molar-refractivity contribution in [1.82, 2.24) is 4.57 Å². The molecule has 0 aliphatic rings. The van der Waals surface area contributed by atoms with E-state index < -0.39 is 5.97 Å². The van der Waals surface area contributed by atoms with Gasteiger partial charge in [0.15, 0.2) is 0 Å². The number of hydrogen-bond donors (Lipinski definition) is 1. The molecule has 1 aromatic carbocycles. The molecule has 1 heterocycles. The Morgan fingerprint density at radius 3 is 2.84 bits per heavy atom. The van der Waals surface area contributed by atoms with Crippen LogP contribution in [0.25, 0.3) is 16.5 Å². The maximum Gasteiger partial charge on any atom is 0.303 e. The summed E-state index contributed by atoms with van der Waals surface area (Å²) in [5.41, 5.74) is 3.66. The Hall–Kier alpha value is -2.03. The van der Waals surface area contributed by atoms with Crippen molar-refractivity contribution in [2.24, 2.45) is 7.05 Å². The maximum atomic E-state index is 10.5. The number of nitrogens with zero attached hydrogens (tertiary/aromatic N) is 1. The highest BCUT2D eigenvalue weighted by atomic mass is 16.4. The Bertz CT molecular complexity index is 623. The lowest BCUT2D eigenvalue weighted by Gasteiger charge is -1.99. The van der Waals surface area contributed by atoms with Crippen LogP contribution in [0.2, 0.25) is 0 Å². The summed E-state index contributed by atoms with van der Waals surface area (Å²) in [7, 11) is 2.05. The SMILES string of the molecule is C/C(=C\CCCC(=O)O)c1cn(C)c2ccccc12. The summed E-state index contributed by atoms with van der Waals surface area (Å²) >= 11 is 0. The van der Waals surface area contributed by atoms with E-state index in [2.05, 4.69) is 35.9 Å². The van der Waals surface area contributed by atoms with Gasteiger partial charge in [0.1, 0.15) is 0 Å². The van der Waals surface area contributed by atoms with E-state index in [1.807, 2.05) is 19.2 Å². The summed E-state index contributed by atoms with van der Waals surface area (Å²) in [4.78, 5) is 10.5. The van der Waals surface area contributed by atoms with Gasteiger partial charge in [0.05, 0.1) is 0 Å². The molecule has 0 atom stereocenters. The number of aryl methyl sites for hydroxylation is 1. The highest BCUT2D eigenvalue weighted by molar-refractivity contribution is 5.92. The van der Waals surface area contributed by atoms with Crippen LogP contribution < -0.4 is 0 Å². The summed E-state index contributed by atoms with van der Waals surface area (Å²) < 4.78 is 2.12. The van der Waals surface area contributed by atoms with E-state index >= 15 is 0 Å². The molecular formula is C16H19NO2. The molecule has 100 valence electrons. The molecule has 0 aliphatic carbocycles. The van der Waals surface area contributed by atoms with Crippen LogP contribution in [0.4, 0.5) is 0 Å². The van der Waals surface area contributed by atoms with Gasteiger partial charge in [-0.15, -0.1) is 0 Å². The molecule has 3 nitrogen and oxygen atoms in total. The van der Waals surface area contributed by atoms with Gasteiger partial charge in [0.25, 0.3) is 0 Å². The normalized spacial score (nSPS) is 12.0. The third-order valence-corrected chi connectivity index (χ3v) is 3.37. The summed E-state index contributed by atoms with van der Waals surface area (Å²) in [5, 5.41) is 9.86. The second kappa shape index (κ2) is 5.74. The first-order valence-electron chi connectivity index (χ1n) is 6.52. The molecule has 0 unspecified atom stereocenters. The first-order chi connectivity index (χ1) is 9.09. The van der Waals surface area contributed by atoms with E-state index in [4.69, 9.17) is 5.11 Å². The van der Waals surface area contributed by atoms with Gasteiger partial charge in [0, 0.05) is 36.1 Å². The van der Waals surface area contributed by atoms with E-state index in [1.54, 1.807) is 0 Å². The fourth-order valence-electron chi connectivity index (χ4n) is 2.34. The van der Waals surface area contributed by atoms with Crippen molar-refractivity contribution in [3.63, 3.8) is 0 Å². The summed E-state index contributed by atoms with van der Waals surface area (Å²) in [6, 6.07) is 8.32. The lowest BCUT2D eigenvalue weighted by atomic mass is 10.0. The second-order valence-corrected chi connectivity index (χ2v) is 4.84. The quantitative estimate of drug-likeness (QED) is 0.827. The molecule has 0 saturated carbocycles. The Kier molecular flexibility index (Phi) is 4.05. The molecule has 2 aromatic rings. The molecule has 0 radical (unpaired) electrons. The number of unbranched alkanes of at least 4 members (excludes halogenated alkanes) is 1. The molecule has 2 rings (SSSR count). The predicted molar refractivity (Wildman–Crippen MR) is 78.1 cm³/mol. The van der Waals surface area contributed by atoms with Crippen LogP contribution in [0.3, 0.4) is 0 Å². The third kappa shape index (κ3) is 3.05. The molecule has 0 spiro atoms. The number of carboxylic acid groups (broad SMARTS) is 1. The number of fused-ring (bicyclic) bond motifs is 1. The lowest BCUT2D eigenvalue weighted by molar-refractivity contribution is -0.137. The zero-order valence-electron chi connectivity index (χ0n) is 11.4. The van der Waals surface area contributed by atoms with E-state index in [1.165, 1.54) is 22.0 Å². The number of aliphatic carboxylic acids is 1. The van der Waals surface area contributed by atoms with Crippen LogP contribution in [-0.2, 0) is 11.8 Å². The minimum atomic E-state index is -0.726. The monoisotopic (exact) mass is 257 g/mol. The number of carboxylic acids is 1.